The van der Waals surface area contributed by atoms with Crippen molar-refractivity contribution in [1.82, 2.24) is 10.2 Å². The van der Waals surface area contributed by atoms with Gasteiger partial charge < -0.3 is 44.6 Å². The van der Waals surface area contributed by atoms with Crippen LogP contribution in [0.25, 0.3) is 0 Å². The molecule has 0 unspecified atom stereocenters. The molecule has 2 amide bonds. The van der Waals surface area contributed by atoms with Crippen LogP contribution < -0.4 is 40.2 Å². The minimum Gasteiger partial charge on any atom is -0.534 e. The summed E-state index contributed by atoms with van der Waals surface area (Å²) in [5.74, 6) is 1.54. The maximum Gasteiger partial charge on any atom is 0.343 e. The second-order valence-electron chi connectivity index (χ2n) is 15.0. The Labute approximate surface area is 348 Å². The van der Waals surface area contributed by atoms with Gasteiger partial charge in [0, 0.05) is 37.1 Å². The Hall–Kier alpha value is -5.82. The topological polar surface area (TPSA) is 131 Å². The number of ether oxygens (including phenoxy) is 3. The Kier molecular flexibility index (Phi) is 15.4. The lowest BCUT2D eigenvalue weighted by molar-refractivity contribution is -0.142. The lowest BCUT2D eigenvalue weighted by Crippen LogP contribution is -2.65. The summed E-state index contributed by atoms with van der Waals surface area (Å²) in [6.07, 6.45) is 1.86. The number of urea groups is 1. The van der Waals surface area contributed by atoms with Gasteiger partial charge in [0.1, 0.15) is 30.0 Å². The molecule has 1 aliphatic rings. The third kappa shape index (κ3) is 12.1. The highest BCUT2D eigenvalue weighted by atomic mass is 28.4. The van der Waals surface area contributed by atoms with Crippen LogP contribution in [0.1, 0.15) is 32.3 Å². The lowest BCUT2D eigenvalue weighted by atomic mass is 10.0. The fourth-order valence-electron chi connectivity index (χ4n) is 7.25. The van der Waals surface area contributed by atoms with Gasteiger partial charge in [-0.1, -0.05) is 86.6 Å². The molecule has 12 heteroatoms. The van der Waals surface area contributed by atoms with Gasteiger partial charge in [-0.05, 0) is 108 Å². The molecule has 0 aromatic heterocycles. The second-order valence-corrected chi connectivity index (χ2v) is 19.0. The Morgan fingerprint density at radius 1 is 0.746 bits per heavy atom. The minimum absolute atomic E-state index is 0.140. The first-order valence-electron chi connectivity index (χ1n) is 20.3. The van der Waals surface area contributed by atoms with E-state index in [2.05, 4.69) is 107 Å². The van der Waals surface area contributed by atoms with Crippen LogP contribution in [-0.2, 0) is 16.0 Å². The van der Waals surface area contributed by atoms with Crippen molar-refractivity contribution in [2.75, 3.05) is 57.1 Å². The number of rotatable bonds is 19. The van der Waals surface area contributed by atoms with E-state index < -0.39 is 20.4 Å². The first-order chi connectivity index (χ1) is 28.7. The molecule has 1 fully saturated rings. The Balaban J connectivity index is 0.870. The first-order valence-corrected chi connectivity index (χ1v) is 22.3. The van der Waals surface area contributed by atoms with E-state index in [1.165, 1.54) is 23.0 Å². The van der Waals surface area contributed by atoms with E-state index in [1.807, 2.05) is 41.3 Å². The van der Waals surface area contributed by atoms with E-state index in [9.17, 15) is 14.7 Å². The Bertz CT molecular complexity index is 1990. The zero-order valence-electron chi connectivity index (χ0n) is 34.1. The number of carbonyl (C=O) groups is 2. The fourth-order valence-corrected chi connectivity index (χ4v) is 11.3. The predicted molar refractivity (Wildman–Crippen MR) is 236 cm³/mol. The van der Waals surface area contributed by atoms with Gasteiger partial charge in [-0.2, -0.15) is 0 Å². The number of esters is 1. The van der Waals surface area contributed by atoms with E-state index in [0.717, 1.165) is 37.2 Å². The smallest absolute Gasteiger partial charge is 0.343 e. The highest BCUT2D eigenvalue weighted by Gasteiger charge is 2.45. The molecule has 1 atom stereocenters. The van der Waals surface area contributed by atoms with Crippen molar-refractivity contribution in [2.24, 2.45) is 0 Å². The largest absolute Gasteiger partial charge is 0.534 e. The number of nitrogens with zero attached hydrogens (tertiary/aromatic N) is 1. The minimum atomic E-state index is -2.61. The second kappa shape index (κ2) is 21.3. The predicted octanol–water partition coefficient (Wildman–Crippen LogP) is 6.47. The van der Waals surface area contributed by atoms with Gasteiger partial charge in [0.15, 0.2) is 6.61 Å². The molecule has 0 aliphatic carbocycles. The normalized spacial score (nSPS) is 13.7. The summed E-state index contributed by atoms with van der Waals surface area (Å²) >= 11 is 0. The molecule has 4 N–H and O–H groups in total. The molecule has 5 aromatic carbocycles. The summed E-state index contributed by atoms with van der Waals surface area (Å²) in [6.45, 7) is 6.95. The van der Waals surface area contributed by atoms with Crippen molar-refractivity contribution in [3.63, 3.8) is 0 Å². The van der Waals surface area contributed by atoms with E-state index in [-0.39, 0.29) is 30.8 Å². The van der Waals surface area contributed by atoms with Crippen molar-refractivity contribution in [3.05, 3.63) is 139 Å². The number of amides is 2. The van der Waals surface area contributed by atoms with Crippen LogP contribution in [0.2, 0.25) is 5.54 Å². The van der Waals surface area contributed by atoms with Crippen LogP contribution >= 0.6 is 0 Å². The third-order valence-corrected chi connectivity index (χ3v) is 15.1. The van der Waals surface area contributed by atoms with Crippen molar-refractivity contribution < 1.29 is 33.3 Å². The highest BCUT2D eigenvalue weighted by Crippen LogP contribution is 2.28. The van der Waals surface area contributed by atoms with Gasteiger partial charge in [-0.15, -0.1) is 0 Å². The van der Waals surface area contributed by atoms with E-state index in [1.54, 1.807) is 24.3 Å². The van der Waals surface area contributed by atoms with Crippen LogP contribution in [0.5, 0.6) is 17.2 Å². The molecule has 0 bridgehead atoms. The van der Waals surface area contributed by atoms with E-state index in [0.29, 0.717) is 36.8 Å². The highest BCUT2D eigenvalue weighted by molar-refractivity contribution is 6.99. The van der Waals surface area contributed by atoms with Crippen LogP contribution in [0, 0.1) is 0 Å². The number of hydrogen-bond donors (Lipinski definition) is 4. The van der Waals surface area contributed by atoms with Crippen molar-refractivity contribution in [2.45, 2.75) is 50.8 Å². The molecule has 11 nitrogen and oxygen atoms in total. The molecular weight excluding hydrogens is 761 g/mol. The summed E-state index contributed by atoms with van der Waals surface area (Å²) in [5, 5.41) is 23.0. The molecule has 6 rings (SSSR count). The number of likely N-dealkylation sites (tertiary alicyclic amines) is 1. The molecular formula is C47H56N4O7Si. The van der Waals surface area contributed by atoms with Crippen LogP contribution in [0.4, 0.5) is 16.2 Å². The van der Waals surface area contributed by atoms with Gasteiger partial charge in [-0.25, -0.2) is 9.59 Å². The van der Waals surface area contributed by atoms with Gasteiger partial charge in [0.2, 0.25) is 0 Å². The van der Waals surface area contributed by atoms with E-state index in [4.69, 9.17) is 13.9 Å². The molecule has 0 radical (unpaired) electrons. The zero-order chi connectivity index (χ0) is 41.5. The number of carbonyl (C=O) groups excluding carboxylic acids is 2. The summed E-state index contributed by atoms with van der Waals surface area (Å²) in [5.41, 5.74) is 3.20. The van der Waals surface area contributed by atoms with Crippen LogP contribution in [-0.4, -0.2) is 89.0 Å². The Morgan fingerprint density at radius 3 is 1.90 bits per heavy atom. The van der Waals surface area contributed by atoms with Gasteiger partial charge >= 0.3 is 20.3 Å². The summed E-state index contributed by atoms with van der Waals surface area (Å²) in [4.78, 5) is 25.9. The van der Waals surface area contributed by atoms with Crippen LogP contribution in [0.15, 0.2) is 133 Å². The van der Waals surface area contributed by atoms with Crippen LogP contribution in [0.3, 0.4) is 0 Å². The monoisotopic (exact) mass is 816 g/mol. The number of aliphatic hydroxyl groups is 1. The molecule has 0 spiro atoms. The number of hydrogen-bond acceptors (Lipinski definition) is 9. The molecule has 1 aliphatic heterocycles. The van der Waals surface area contributed by atoms with Gasteiger partial charge in [-0.3, -0.25) is 0 Å². The molecule has 310 valence electrons. The average Bonchev–Trinajstić information content (AvgIpc) is 3.27. The van der Waals surface area contributed by atoms with Gasteiger partial charge in [0.05, 0.1) is 7.11 Å². The molecule has 1 heterocycles. The SMILES string of the molecule is COC(=O)COc1ccc(NC(=O)N2CCC(Nc3ccc(CCNC[C@H](O)COc4ccc(O[Si](c5ccccc5)(c5ccccc5)C(C)C)cc4)cc3)CC2)cc1. The summed E-state index contributed by atoms with van der Waals surface area (Å²) in [6, 6.07) is 44.3. The standard InChI is InChI=1S/C47H56N4O7Si/c1-35(2)59(44-10-6-4-7-11-44,45-12-8-5-9-13-45)58-43-24-22-42(23-25-43)56-33-40(52)32-48-29-26-36-14-16-37(17-15-36)49-39-27-30-51(31-28-39)47(54)50-38-18-20-41(21-19-38)57-34-46(53)55-3/h4-25,35,39-40,48-49,52H,26-34H2,1-3H3,(H,50,54)/t40-/m0/s1. The molecule has 0 saturated carbocycles. The number of methoxy groups -OCH3 is 1. The van der Waals surface area contributed by atoms with Gasteiger partial charge in [0.25, 0.3) is 0 Å². The van der Waals surface area contributed by atoms with E-state index >= 15 is 0 Å². The number of anilines is 2. The van der Waals surface area contributed by atoms with Crippen molar-refractivity contribution in [1.29, 1.82) is 0 Å². The number of aliphatic hydroxyl groups excluding tert-OH is 1. The lowest BCUT2D eigenvalue weighted by Gasteiger charge is -2.36. The zero-order valence-corrected chi connectivity index (χ0v) is 35.1. The molecule has 59 heavy (non-hydrogen) atoms. The fraction of sp³-hybridized carbons (Fsp3) is 0.319. The Morgan fingerprint density at radius 2 is 1.31 bits per heavy atom. The quantitative estimate of drug-likeness (QED) is 0.0421. The molecule has 1 saturated heterocycles. The van der Waals surface area contributed by atoms with Crippen molar-refractivity contribution in [3.8, 4) is 17.2 Å². The number of nitrogens with one attached hydrogen (secondary N) is 3. The maximum absolute atomic E-state index is 12.9. The summed E-state index contributed by atoms with van der Waals surface area (Å²) < 4.78 is 22.9. The van der Waals surface area contributed by atoms with Crippen molar-refractivity contribution >= 4 is 42.1 Å². The third-order valence-electron chi connectivity index (χ3n) is 10.5. The number of piperidine rings is 1. The number of benzene rings is 5. The molecule has 5 aromatic rings. The summed E-state index contributed by atoms with van der Waals surface area (Å²) in [7, 11) is -1.30. The first kappa shape index (κ1) is 42.8. The average molecular weight is 817 g/mol. The maximum atomic E-state index is 12.9.